The third kappa shape index (κ3) is 2.09. The van der Waals surface area contributed by atoms with Crippen molar-refractivity contribution in [1.82, 2.24) is 19.7 Å². The topological polar surface area (TPSA) is 80.6 Å². The predicted molar refractivity (Wildman–Crippen MR) is 97.8 cm³/mol. The first-order valence-electron chi connectivity index (χ1n) is 8.24. The van der Waals surface area contributed by atoms with Crippen molar-refractivity contribution < 1.29 is 0 Å². The summed E-state index contributed by atoms with van der Waals surface area (Å²) < 4.78 is 1.27. The second kappa shape index (κ2) is 5.35. The summed E-state index contributed by atoms with van der Waals surface area (Å²) in [5.74, 6) is 0.470. The van der Waals surface area contributed by atoms with Gasteiger partial charge in [0, 0.05) is 4.88 Å². The summed E-state index contributed by atoms with van der Waals surface area (Å²) in [5.41, 5.74) is 0.653. The van der Waals surface area contributed by atoms with Crippen molar-refractivity contribution in [3.8, 4) is 5.82 Å². The Hall–Kier alpha value is -2.80. The van der Waals surface area contributed by atoms with Crippen molar-refractivity contribution >= 4 is 32.3 Å². The molecule has 0 aliphatic heterocycles. The largest absolute Gasteiger partial charge is 0.279 e. The molecule has 0 bridgehead atoms. The van der Waals surface area contributed by atoms with Crippen molar-refractivity contribution in [2.45, 2.75) is 25.7 Å². The van der Waals surface area contributed by atoms with Gasteiger partial charge in [-0.3, -0.25) is 14.7 Å². The van der Waals surface area contributed by atoms with E-state index < -0.39 is 0 Å². The van der Waals surface area contributed by atoms with E-state index >= 15 is 0 Å². The minimum atomic E-state index is -0.300. The molecular weight excluding hydrogens is 336 g/mol. The van der Waals surface area contributed by atoms with Gasteiger partial charge in [-0.05, 0) is 43.4 Å². The molecule has 0 fully saturated rings. The van der Waals surface area contributed by atoms with Crippen LogP contribution in [0.25, 0.3) is 26.8 Å². The van der Waals surface area contributed by atoms with Crippen LogP contribution < -0.4 is 11.1 Å². The molecule has 0 unspecified atom stereocenters. The molecule has 1 aliphatic carbocycles. The zero-order valence-corrected chi connectivity index (χ0v) is 14.1. The molecule has 5 rings (SSSR count). The lowest BCUT2D eigenvalue weighted by Gasteiger charge is -2.12. The Morgan fingerprint density at radius 2 is 1.84 bits per heavy atom. The van der Waals surface area contributed by atoms with Gasteiger partial charge in [0.05, 0.1) is 16.2 Å². The van der Waals surface area contributed by atoms with E-state index in [4.69, 9.17) is 0 Å². The third-order valence-corrected chi connectivity index (χ3v) is 5.96. The fraction of sp³-hybridized carbons (Fsp3) is 0.222. The van der Waals surface area contributed by atoms with Crippen molar-refractivity contribution in [3.05, 3.63) is 61.7 Å². The van der Waals surface area contributed by atoms with Crippen molar-refractivity contribution in [1.29, 1.82) is 0 Å². The standard InChI is InChI=1S/C18H14N4O2S/c23-16-10-5-1-2-6-11(10)18(24)22(21-16)15-14-12-7-3-4-8-13(12)25-17(14)20-9-19-15/h1-2,5-6,9H,3-4,7-8H2,(H,21,23). The van der Waals surface area contributed by atoms with E-state index in [2.05, 4.69) is 15.1 Å². The van der Waals surface area contributed by atoms with E-state index in [0.29, 0.717) is 16.6 Å². The van der Waals surface area contributed by atoms with E-state index in [-0.39, 0.29) is 11.1 Å². The maximum atomic E-state index is 13.0. The molecule has 1 aliphatic rings. The normalized spacial score (nSPS) is 14.1. The van der Waals surface area contributed by atoms with Gasteiger partial charge in [-0.25, -0.2) is 9.97 Å². The Labute approximate surface area is 145 Å². The third-order valence-electron chi connectivity index (χ3n) is 4.76. The van der Waals surface area contributed by atoms with Gasteiger partial charge in [0.1, 0.15) is 11.2 Å². The lowest BCUT2D eigenvalue weighted by atomic mass is 9.97. The van der Waals surface area contributed by atoms with Gasteiger partial charge >= 0.3 is 0 Å². The molecule has 7 heteroatoms. The number of H-pyrrole nitrogens is 1. The van der Waals surface area contributed by atoms with Gasteiger partial charge in [-0.15, -0.1) is 11.3 Å². The van der Waals surface area contributed by atoms with E-state index in [1.807, 2.05) is 0 Å². The number of rotatable bonds is 1. The number of aromatic nitrogens is 4. The number of benzene rings is 1. The molecule has 3 aromatic heterocycles. The van der Waals surface area contributed by atoms with Gasteiger partial charge in [0.25, 0.3) is 11.1 Å². The molecule has 124 valence electrons. The number of thiophene rings is 1. The zero-order valence-electron chi connectivity index (χ0n) is 13.3. The van der Waals surface area contributed by atoms with Crippen LogP contribution in [0.3, 0.4) is 0 Å². The van der Waals surface area contributed by atoms with E-state index in [9.17, 15) is 9.59 Å². The molecule has 0 saturated carbocycles. The number of aryl methyl sites for hydroxylation is 2. The van der Waals surface area contributed by atoms with Crippen LogP contribution in [0.1, 0.15) is 23.3 Å². The quantitative estimate of drug-likeness (QED) is 0.572. The maximum absolute atomic E-state index is 13.0. The van der Waals surface area contributed by atoms with E-state index in [1.54, 1.807) is 35.6 Å². The molecule has 0 radical (unpaired) electrons. The lowest BCUT2D eigenvalue weighted by molar-refractivity contribution is 0.698. The highest BCUT2D eigenvalue weighted by Crippen LogP contribution is 2.37. The Bertz CT molecular complexity index is 1250. The average Bonchev–Trinajstić information content (AvgIpc) is 3.03. The van der Waals surface area contributed by atoms with Gasteiger partial charge < -0.3 is 0 Å². The molecule has 1 N–H and O–H groups in total. The molecule has 25 heavy (non-hydrogen) atoms. The van der Waals surface area contributed by atoms with Gasteiger partial charge in [-0.2, -0.15) is 4.68 Å². The monoisotopic (exact) mass is 350 g/mol. The van der Waals surface area contributed by atoms with Crippen LogP contribution in [-0.2, 0) is 12.8 Å². The van der Waals surface area contributed by atoms with Gasteiger partial charge in [0.2, 0.25) is 0 Å². The average molecular weight is 350 g/mol. The molecule has 0 spiro atoms. The Morgan fingerprint density at radius 1 is 1.04 bits per heavy atom. The summed E-state index contributed by atoms with van der Waals surface area (Å²) in [6, 6.07) is 6.84. The first kappa shape index (κ1) is 14.5. The number of aromatic amines is 1. The van der Waals surface area contributed by atoms with E-state index in [0.717, 1.165) is 29.5 Å². The van der Waals surface area contributed by atoms with Crippen molar-refractivity contribution in [2.75, 3.05) is 0 Å². The van der Waals surface area contributed by atoms with Gasteiger partial charge in [-0.1, -0.05) is 12.1 Å². The fourth-order valence-corrected chi connectivity index (χ4v) is 4.82. The molecule has 1 aromatic carbocycles. The number of hydrogen-bond acceptors (Lipinski definition) is 5. The molecule has 6 nitrogen and oxygen atoms in total. The van der Waals surface area contributed by atoms with Crippen LogP contribution in [0, 0.1) is 0 Å². The SMILES string of the molecule is O=c1[nH]n(-c2ncnc3sc4c(c23)CCCC4)c(=O)c2ccccc12. The van der Waals surface area contributed by atoms with Crippen molar-refractivity contribution in [3.63, 3.8) is 0 Å². The highest BCUT2D eigenvalue weighted by Gasteiger charge is 2.21. The molecule has 0 saturated heterocycles. The predicted octanol–water partition coefficient (Wildman–Crippen LogP) is 2.56. The first-order chi connectivity index (χ1) is 12.2. The van der Waals surface area contributed by atoms with Crippen LogP contribution in [0.4, 0.5) is 0 Å². The number of nitrogens with one attached hydrogen (secondary N) is 1. The Kier molecular flexibility index (Phi) is 3.11. The highest BCUT2D eigenvalue weighted by molar-refractivity contribution is 7.18. The van der Waals surface area contributed by atoms with E-state index in [1.165, 1.54) is 27.9 Å². The van der Waals surface area contributed by atoms with Crippen LogP contribution in [0.2, 0.25) is 0 Å². The second-order valence-electron chi connectivity index (χ2n) is 6.22. The summed E-state index contributed by atoms with van der Waals surface area (Å²) in [6.45, 7) is 0. The first-order valence-corrected chi connectivity index (χ1v) is 9.05. The highest BCUT2D eigenvalue weighted by atomic mass is 32.1. The minimum Gasteiger partial charge on any atom is -0.267 e. The maximum Gasteiger partial charge on any atom is 0.279 e. The zero-order chi connectivity index (χ0) is 17.0. The fourth-order valence-electron chi connectivity index (χ4n) is 3.59. The summed E-state index contributed by atoms with van der Waals surface area (Å²) in [7, 11) is 0. The van der Waals surface area contributed by atoms with Crippen molar-refractivity contribution in [2.24, 2.45) is 0 Å². The number of hydrogen-bond donors (Lipinski definition) is 1. The molecule has 0 amide bonds. The molecule has 3 heterocycles. The smallest absolute Gasteiger partial charge is 0.267 e. The summed E-state index contributed by atoms with van der Waals surface area (Å²) >= 11 is 1.66. The lowest BCUT2D eigenvalue weighted by Crippen LogP contribution is -2.29. The van der Waals surface area contributed by atoms with Crippen LogP contribution in [0.15, 0.2) is 40.2 Å². The second-order valence-corrected chi connectivity index (χ2v) is 7.30. The molecule has 4 aromatic rings. The number of fused-ring (bicyclic) bond motifs is 4. The molecular formula is C18H14N4O2S. The van der Waals surface area contributed by atoms with Crippen LogP contribution >= 0.6 is 11.3 Å². The minimum absolute atomic E-state index is 0.272. The summed E-state index contributed by atoms with van der Waals surface area (Å²) in [6.07, 6.45) is 5.76. The van der Waals surface area contributed by atoms with Crippen LogP contribution in [0.5, 0.6) is 0 Å². The Morgan fingerprint density at radius 3 is 2.72 bits per heavy atom. The Balaban J connectivity index is 1.90. The molecule has 0 atom stereocenters. The van der Waals surface area contributed by atoms with Crippen LogP contribution in [-0.4, -0.2) is 19.7 Å². The summed E-state index contributed by atoms with van der Waals surface area (Å²) in [5, 5.41) is 4.37. The summed E-state index contributed by atoms with van der Waals surface area (Å²) in [4.78, 5) is 36.3. The number of nitrogens with zero attached hydrogens (tertiary/aromatic N) is 3. The van der Waals surface area contributed by atoms with Gasteiger partial charge in [0.15, 0.2) is 5.82 Å².